The first-order chi connectivity index (χ1) is 7.67. The molecule has 1 N–H and O–H groups in total. The fourth-order valence-electron chi connectivity index (χ4n) is 1.68. The number of benzene rings is 1. The first-order valence-electron chi connectivity index (χ1n) is 5.55. The van der Waals surface area contributed by atoms with E-state index in [0.717, 1.165) is 24.2 Å². The highest BCUT2D eigenvalue weighted by Crippen LogP contribution is 2.22. The van der Waals surface area contributed by atoms with Gasteiger partial charge < -0.3 is 9.84 Å². The highest BCUT2D eigenvalue weighted by Gasteiger charge is 2.05. The lowest BCUT2D eigenvalue weighted by Crippen LogP contribution is -1.98. The minimum absolute atomic E-state index is 0.208. The van der Waals surface area contributed by atoms with Gasteiger partial charge in [0.2, 0.25) is 0 Å². The first-order valence-corrected chi connectivity index (χ1v) is 5.55. The van der Waals surface area contributed by atoms with Crippen LogP contribution in [0.4, 0.5) is 0 Å². The zero-order valence-electron chi connectivity index (χ0n) is 9.82. The smallest absolute Gasteiger partial charge is 0.303 e. The van der Waals surface area contributed by atoms with Crippen molar-refractivity contribution in [1.29, 1.82) is 0 Å². The van der Waals surface area contributed by atoms with Crippen molar-refractivity contribution < 1.29 is 14.6 Å². The third-order valence-corrected chi connectivity index (χ3v) is 2.59. The highest BCUT2D eigenvalue weighted by molar-refractivity contribution is 5.66. The number of carboxylic acids is 1. The molecule has 0 aliphatic rings. The van der Waals surface area contributed by atoms with Gasteiger partial charge in [0.25, 0.3) is 0 Å². The molecule has 3 nitrogen and oxygen atoms in total. The molecule has 1 aromatic carbocycles. The van der Waals surface area contributed by atoms with Crippen molar-refractivity contribution in [1.82, 2.24) is 0 Å². The predicted octanol–water partition coefficient (Wildman–Crippen LogP) is 2.66. The van der Waals surface area contributed by atoms with Crippen LogP contribution in [0.3, 0.4) is 0 Å². The van der Waals surface area contributed by atoms with Gasteiger partial charge in [-0.2, -0.15) is 0 Å². The number of carboxylic acid groups (broad SMARTS) is 1. The van der Waals surface area contributed by atoms with Gasteiger partial charge in [-0.3, -0.25) is 4.79 Å². The molecule has 0 spiro atoms. The van der Waals surface area contributed by atoms with Gasteiger partial charge >= 0.3 is 5.97 Å². The third kappa shape index (κ3) is 3.57. The van der Waals surface area contributed by atoms with Crippen LogP contribution in [0, 0.1) is 0 Å². The van der Waals surface area contributed by atoms with Crippen LogP contribution in [0.1, 0.15) is 30.9 Å². The first kappa shape index (κ1) is 12.6. The van der Waals surface area contributed by atoms with E-state index < -0.39 is 5.97 Å². The molecule has 0 saturated carbocycles. The minimum Gasteiger partial charge on any atom is -0.496 e. The number of carbonyl (C=O) groups is 1. The maximum Gasteiger partial charge on any atom is 0.303 e. The molecule has 0 unspecified atom stereocenters. The summed E-state index contributed by atoms with van der Waals surface area (Å²) < 4.78 is 5.25. The van der Waals surface area contributed by atoms with Crippen molar-refractivity contribution in [2.45, 2.75) is 32.6 Å². The van der Waals surface area contributed by atoms with Crippen LogP contribution in [-0.2, 0) is 17.6 Å². The summed E-state index contributed by atoms with van der Waals surface area (Å²) in [6, 6.07) is 6.09. The molecule has 88 valence electrons. The summed E-state index contributed by atoms with van der Waals surface area (Å²) in [6.45, 7) is 2.10. The van der Waals surface area contributed by atoms with E-state index in [2.05, 4.69) is 13.0 Å². The molecule has 0 radical (unpaired) electrons. The van der Waals surface area contributed by atoms with Gasteiger partial charge in [0.1, 0.15) is 5.75 Å². The molecule has 1 aromatic rings. The molecule has 3 heteroatoms. The molecule has 1 rings (SSSR count). The number of hydrogen-bond acceptors (Lipinski definition) is 2. The number of methoxy groups -OCH3 is 1. The zero-order chi connectivity index (χ0) is 12.0. The lowest BCUT2D eigenvalue weighted by Gasteiger charge is -2.09. The summed E-state index contributed by atoms with van der Waals surface area (Å²) in [7, 11) is 1.64. The summed E-state index contributed by atoms with van der Waals surface area (Å²) in [5.74, 6) is 0.105. The van der Waals surface area contributed by atoms with E-state index in [1.54, 1.807) is 7.11 Å². The lowest BCUT2D eigenvalue weighted by molar-refractivity contribution is -0.137. The molecule has 0 aliphatic carbocycles. The van der Waals surface area contributed by atoms with Gasteiger partial charge in [0.05, 0.1) is 7.11 Å². The molecule has 0 bridgehead atoms. The second-order valence-electron chi connectivity index (χ2n) is 3.75. The predicted molar refractivity (Wildman–Crippen MR) is 62.9 cm³/mol. The zero-order valence-corrected chi connectivity index (χ0v) is 9.82. The average Bonchev–Trinajstić information content (AvgIpc) is 2.28. The van der Waals surface area contributed by atoms with E-state index in [0.29, 0.717) is 6.42 Å². The fraction of sp³-hybridized carbons (Fsp3) is 0.462. The van der Waals surface area contributed by atoms with Crippen molar-refractivity contribution in [3.8, 4) is 5.75 Å². The molecule has 16 heavy (non-hydrogen) atoms. The average molecular weight is 222 g/mol. The number of ether oxygens (including phenoxy) is 1. The van der Waals surface area contributed by atoms with E-state index in [1.807, 2.05) is 12.1 Å². The van der Waals surface area contributed by atoms with E-state index in [1.165, 1.54) is 5.56 Å². The van der Waals surface area contributed by atoms with Crippen LogP contribution in [0.15, 0.2) is 18.2 Å². The Kier molecular flexibility index (Phi) is 4.83. The minimum atomic E-state index is -0.745. The molecule has 0 aromatic heterocycles. The molecule has 0 aliphatic heterocycles. The second kappa shape index (κ2) is 6.16. The van der Waals surface area contributed by atoms with Gasteiger partial charge in [0.15, 0.2) is 0 Å². The normalized spacial score (nSPS) is 10.1. The van der Waals surface area contributed by atoms with Gasteiger partial charge in [-0.1, -0.05) is 19.1 Å². The molecule has 0 saturated heterocycles. The Morgan fingerprint density at radius 2 is 2.19 bits per heavy atom. The Morgan fingerprint density at radius 1 is 1.44 bits per heavy atom. The summed E-state index contributed by atoms with van der Waals surface area (Å²) in [6.07, 6.45) is 2.59. The summed E-state index contributed by atoms with van der Waals surface area (Å²) >= 11 is 0. The van der Waals surface area contributed by atoms with Crippen LogP contribution >= 0.6 is 0 Å². The van der Waals surface area contributed by atoms with Gasteiger partial charge in [-0.25, -0.2) is 0 Å². The van der Waals surface area contributed by atoms with E-state index in [-0.39, 0.29) is 6.42 Å². The summed E-state index contributed by atoms with van der Waals surface area (Å²) in [4.78, 5) is 10.4. The number of rotatable bonds is 6. The number of aryl methyl sites for hydroxylation is 2. The van der Waals surface area contributed by atoms with E-state index in [9.17, 15) is 4.79 Å². The van der Waals surface area contributed by atoms with E-state index >= 15 is 0 Å². The number of aliphatic carboxylic acids is 1. The Morgan fingerprint density at radius 3 is 2.75 bits per heavy atom. The van der Waals surface area contributed by atoms with Crippen molar-refractivity contribution in [2.24, 2.45) is 0 Å². The standard InChI is InChI=1S/C13H18O3/c1-3-10-7-8-12(16-2)11(9-10)5-4-6-13(14)15/h7-9H,3-6H2,1-2H3,(H,14,15). The van der Waals surface area contributed by atoms with Crippen LogP contribution in [0.5, 0.6) is 5.75 Å². The van der Waals surface area contributed by atoms with Gasteiger partial charge in [0, 0.05) is 6.42 Å². The van der Waals surface area contributed by atoms with Gasteiger partial charge in [-0.05, 0) is 36.5 Å². The van der Waals surface area contributed by atoms with Crippen molar-refractivity contribution in [3.63, 3.8) is 0 Å². The molecular formula is C13H18O3. The Bertz CT molecular complexity index is 358. The molecule has 0 heterocycles. The fourth-order valence-corrected chi connectivity index (χ4v) is 1.68. The van der Waals surface area contributed by atoms with Crippen LogP contribution in [-0.4, -0.2) is 18.2 Å². The van der Waals surface area contributed by atoms with Crippen molar-refractivity contribution in [3.05, 3.63) is 29.3 Å². The Balaban J connectivity index is 2.71. The lowest BCUT2D eigenvalue weighted by atomic mass is 10.0. The maximum absolute atomic E-state index is 10.4. The van der Waals surface area contributed by atoms with Crippen LogP contribution in [0.2, 0.25) is 0 Å². The highest BCUT2D eigenvalue weighted by atomic mass is 16.5. The monoisotopic (exact) mass is 222 g/mol. The van der Waals surface area contributed by atoms with Gasteiger partial charge in [-0.15, -0.1) is 0 Å². The quantitative estimate of drug-likeness (QED) is 0.804. The Hall–Kier alpha value is -1.51. The maximum atomic E-state index is 10.4. The Labute approximate surface area is 96.1 Å². The summed E-state index contributed by atoms with van der Waals surface area (Å²) in [5.41, 5.74) is 2.36. The SMILES string of the molecule is CCc1ccc(OC)c(CCCC(=O)O)c1. The molecule has 0 atom stereocenters. The van der Waals surface area contributed by atoms with Crippen molar-refractivity contribution in [2.75, 3.05) is 7.11 Å². The molecule has 0 amide bonds. The van der Waals surface area contributed by atoms with E-state index in [4.69, 9.17) is 9.84 Å². The third-order valence-electron chi connectivity index (χ3n) is 2.59. The topological polar surface area (TPSA) is 46.5 Å². The summed E-state index contributed by atoms with van der Waals surface area (Å²) in [5, 5.41) is 8.59. The largest absolute Gasteiger partial charge is 0.496 e. The van der Waals surface area contributed by atoms with Crippen LogP contribution < -0.4 is 4.74 Å². The molecule has 0 fully saturated rings. The molecular weight excluding hydrogens is 204 g/mol. The second-order valence-corrected chi connectivity index (χ2v) is 3.75. The van der Waals surface area contributed by atoms with Crippen molar-refractivity contribution >= 4 is 5.97 Å². The van der Waals surface area contributed by atoms with Crippen LogP contribution in [0.25, 0.3) is 0 Å². The number of hydrogen-bond donors (Lipinski definition) is 1.